The van der Waals surface area contributed by atoms with E-state index in [9.17, 15) is 8.42 Å². The van der Waals surface area contributed by atoms with E-state index in [4.69, 9.17) is 0 Å². The van der Waals surface area contributed by atoms with Gasteiger partial charge >= 0.3 is 0 Å². The van der Waals surface area contributed by atoms with Gasteiger partial charge in [0.05, 0.1) is 4.90 Å². The van der Waals surface area contributed by atoms with Gasteiger partial charge in [0.2, 0.25) is 0 Å². The van der Waals surface area contributed by atoms with Crippen molar-refractivity contribution in [3.05, 3.63) is 53.6 Å². The molecule has 1 aromatic heterocycles. The van der Waals surface area contributed by atoms with E-state index in [0.717, 1.165) is 22.2 Å². The van der Waals surface area contributed by atoms with Crippen molar-refractivity contribution in [3.63, 3.8) is 0 Å². The zero-order valence-electron chi connectivity index (χ0n) is 12.3. The molecule has 3 aromatic rings. The Morgan fingerprint density at radius 3 is 2.19 bits per heavy atom. The van der Waals surface area contributed by atoms with E-state index in [1.54, 1.807) is 12.1 Å². The summed E-state index contributed by atoms with van der Waals surface area (Å²) in [5.41, 5.74) is 5.48. The first-order valence-corrected chi connectivity index (χ1v) is 8.63. The number of H-pyrrole nitrogens is 1. The van der Waals surface area contributed by atoms with Crippen molar-refractivity contribution < 1.29 is 8.42 Å². The van der Waals surface area contributed by atoms with Gasteiger partial charge in [0.1, 0.15) is 0 Å². The first-order chi connectivity index (χ1) is 9.83. The highest BCUT2D eigenvalue weighted by Crippen LogP contribution is 2.27. The summed E-state index contributed by atoms with van der Waals surface area (Å²) < 4.78 is 23.3. The summed E-state index contributed by atoms with van der Waals surface area (Å²) in [6.45, 7) is 4.14. The van der Waals surface area contributed by atoms with Gasteiger partial charge in [-0.2, -0.15) is 0 Å². The van der Waals surface area contributed by atoms with Crippen LogP contribution in [0.3, 0.4) is 0 Å². The lowest BCUT2D eigenvalue weighted by Crippen LogP contribution is -1.95. The molecule has 0 aliphatic carbocycles. The summed E-state index contributed by atoms with van der Waals surface area (Å²) in [7, 11) is -3.18. The molecule has 1 heterocycles. The second-order valence-electron chi connectivity index (χ2n) is 5.58. The van der Waals surface area contributed by atoms with E-state index in [1.165, 1.54) is 17.4 Å². The Hall–Kier alpha value is -2.07. The van der Waals surface area contributed by atoms with Crippen LogP contribution in [0.15, 0.2) is 47.4 Å². The van der Waals surface area contributed by atoms with Gasteiger partial charge in [-0.1, -0.05) is 17.2 Å². The number of rotatable bonds is 2. The lowest BCUT2D eigenvalue weighted by molar-refractivity contribution is 0.602. The smallest absolute Gasteiger partial charge is 0.175 e. The van der Waals surface area contributed by atoms with Crippen LogP contribution in [0, 0.1) is 13.8 Å². The monoisotopic (exact) mass is 299 g/mol. The van der Waals surface area contributed by atoms with Gasteiger partial charge in [0.15, 0.2) is 9.84 Å². The molecule has 3 rings (SSSR count). The molecule has 0 spiro atoms. The lowest BCUT2D eigenvalue weighted by atomic mass is 10.1. The van der Waals surface area contributed by atoms with Crippen LogP contribution in [0.1, 0.15) is 11.1 Å². The highest BCUT2D eigenvalue weighted by Gasteiger charge is 2.10. The van der Waals surface area contributed by atoms with Crippen LogP contribution in [0.5, 0.6) is 0 Å². The van der Waals surface area contributed by atoms with Crippen LogP contribution < -0.4 is 0 Å². The normalized spacial score (nSPS) is 12.0. The number of hydrogen-bond acceptors (Lipinski definition) is 2. The Kier molecular flexibility index (Phi) is 3.14. The van der Waals surface area contributed by atoms with Crippen LogP contribution >= 0.6 is 0 Å². The SMILES string of the molecule is Cc1cc(C)cc(-c2cc3cc(S(C)(=O)=O)ccc3[nH]2)c1. The third-order valence-corrected chi connectivity index (χ3v) is 4.66. The van der Waals surface area contributed by atoms with Gasteiger partial charge in [0.25, 0.3) is 0 Å². The van der Waals surface area contributed by atoms with Crippen molar-refractivity contribution in [2.24, 2.45) is 0 Å². The van der Waals surface area contributed by atoms with Crippen molar-refractivity contribution in [1.29, 1.82) is 0 Å². The molecule has 4 heteroatoms. The Balaban J connectivity index is 2.17. The average Bonchev–Trinajstić information content (AvgIpc) is 2.79. The Morgan fingerprint density at radius 2 is 1.57 bits per heavy atom. The van der Waals surface area contributed by atoms with Gasteiger partial charge in [-0.15, -0.1) is 0 Å². The van der Waals surface area contributed by atoms with Crippen LogP contribution in [0.4, 0.5) is 0 Å². The van der Waals surface area contributed by atoms with E-state index < -0.39 is 9.84 Å². The van der Waals surface area contributed by atoms with E-state index in [-0.39, 0.29) is 0 Å². The quantitative estimate of drug-likeness (QED) is 0.781. The maximum atomic E-state index is 11.6. The highest BCUT2D eigenvalue weighted by atomic mass is 32.2. The van der Waals surface area contributed by atoms with Crippen molar-refractivity contribution >= 4 is 20.7 Å². The minimum Gasteiger partial charge on any atom is -0.355 e. The fourth-order valence-corrected chi connectivity index (χ4v) is 3.28. The molecule has 0 amide bonds. The van der Waals surface area contributed by atoms with Crippen molar-refractivity contribution in [2.75, 3.05) is 6.26 Å². The van der Waals surface area contributed by atoms with Crippen molar-refractivity contribution in [2.45, 2.75) is 18.7 Å². The van der Waals surface area contributed by atoms with Gasteiger partial charge in [-0.25, -0.2) is 8.42 Å². The molecule has 0 atom stereocenters. The number of aromatic nitrogens is 1. The Bertz CT molecular complexity index is 916. The molecule has 0 aliphatic heterocycles. The number of sulfone groups is 1. The third kappa shape index (κ3) is 2.72. The lowest BCUT2D eigenvalue weighted by Gasteiger charge is -2.02. The maximum Gasteiger partial charge on any atom is 0.175 e. The zero-order valence-corrected chi connectivity index (χ0v) is 13.1. The van der Waals surface area contributed by atoms with E-state index in [1.807, 2.05) is 12.1 Å². The number of aryl methyl sites for hydroxylation is 2. The number of hydrogen-bond donors (Lipinski definition) is 1. The molecule has 0 saturated heterocycles. The molecular weight excluding hydrogens is 282 g/mol. The van der Waals surface area contributed by atoms with E-state index in [2.05, 4.69) is 37.0 Å². The molecule has 0 unspecified atom stereocenters. The summed E-state index contributed by atoms with van der Waals surface area (Å²) >= 11 is 0. The number of aromatic amines is 1. The molecule has 0 radical (unpaired) electrons. The minimum atomic E-state index is -3.18. The highest BCUT2D eigenvalue weighted by molar-refractivity contribution is 7.90. The van der Waals surface area contributed by atoms with Gasteiger partial charge in [-0.05, 0) is 55.8 Å². The molecule has 0 aliphatic rings. The summed E-state index contributed by atoms with van der Waals surface area (Å²) in [5, 5.41) is 0.909. The van der Waals surface area contributed by atoms with Crippen molar-refractivity contribution in [1.82, 2.24) is 4.98 Å². The molecular formula is C17H17NO2S. The van der Waals surface area contributed by atoms with Crippen LogP contribution in [-0.2, 0) is 9.84 Å². The van der Waals surface area contributed by atoms with E-state index in [0.29, 0.717) is 4.90 Å². The largest absolute Gasteiger partial charge is 0.355 e. The second-order valence-corrected chi connectivity index (χ2v) is 7.60. The summed E-state index contributed by atoms with van der Waals surface area (Å²) in [6, 6.07) is 13.5. The Morgan fingerprint density at radius 1 is 0.905 bits per heavy atom. The molecule has 21 heavy (non-hydrogen) atoms. The fraction of sp³-hybridized carbons (Fsp3) is 0.176. The maximum absolute atomic E-state index is 11.6. The number of benzene rings is 2. The van der Waals surface area contributed by atoms with Gasteiger partial charge in [-0.3, -0.25) is 0 Å². The standard InChI is InChI=1S/C17H17NO2S/c1-11-6-12(2)8-13(7-11)17-10-14-9-15(21(3,19)20)4-5-16(14)18-17/h4-10,18H,1-3H3. The molecule has 0 fully saturated rings. The fourth-order valence-electron chi connectivity index (χ4n) is 2.63. The summed E-state index contributed by atoms with van der Waals surface area (Å²) in [5.74, 6) is 0. The number of nitrogens with one attached hydrogen (secondary N) is 1. The van der Waals surface area contributed by atoms with Crippen molar-refractivity contribution in [3.8, 4) is 11.3 Å². The molecule has 3 nitrogen and oxygen atoms in total. The van der Waals surface area contributed by atoms with Gasteiger partial charge in [0, 0.05) is 22.9 Å². The molecule has 0 saturated carbocycles. The first kappa shape index (κ1) is 13.9. The predicted molar refractivity (Wildman–Crippen MR) is 86.3 cm³/mol. The summed E-state index contributed by atoms with van der Waals surface area (Å²) in [4.78, 5) is 3.70. The zero-order chi connectivity index (χ0) is 15.2. The predicted octanol–water partition coefficient (Wildman–Crippen LogP) is 3.86. The first-order valence-electron chi connectivity index (χ1n) is 6.74. The third-order valence-electron chi connectivity index (χ3n) is 3.55. The second kappa shape index (κ2) is 4.74. The molecule has 108 valence electrons. The molecule has 1 N–H and O–H groups in total. The van der Waals surface area contributed by atoms with Crippen LogP contribution in [0.25, 0.3) is 22.2 Å². The van der Waals surface area contributed by atoms with Gasteiger partial charge < -0.3 is 4.98 Å². The average molecular weight is 299 g/mol. The summed E-state index contributed by atoms with van der Waals surface area (Å²) in [6.07, 6.45) is 1.23. The topological polar surface area (TPSA) is 49.9 Å². The van der Waals surface area contributed by atoms with Crippen LogP contribution in [-0.4, -0.2) is 19.7 Å². The minimum absolute atomic E-state index is 0.348. The van der Waals surface area contributed by atoms with Crippen LogP contribution in [0.2, 0.25) is 0 Å². The Labute approximate surface area is 124 Å². The molecule has 0 bridgehead atoms. The van der Waals surface area contributed by atoms with E-state index >= 15 is 0 Å². The molecule has 2 aromatic carbocycles. The number of fused-ring (bicyclic) bond motifs is 1.